The van der Waals surface area contributed by atoms with Gasteiger partial charge in [-0.25, -0.2) is 0 Å². The molecule has 1 aliphatic heterocycles. The van der Waals surface area contributed by atoms with E-state index in [4.69, 9.17) is 9.47 Å². The Kier molecular flexibility index (Phi) is 27.5. The van der Waals surface area contributed by atoms with Gasteiger partial charge in [0.2, 0.25) is 11.7 Å². The Morgan fingerprint density at radius 2 is 1.37 bits per heavy atom. The largest absolute Gasteiger partial charge is 0.504 e. The molecule has 49 heavy (non-hydrogen) atoms. The highest BCUT2D eigenvalue weighted by Gasteiger charge is 2.40. The van der Waals surface area contributed by atoms with E-state index in [-0.39, 0.29) is 25.4 Å². The van der Waals surface area contributed by atoms with Crippen molar-refractivity contribution in [3.8, 4) is 0 Å². The molecular weight excluding hydrogens is 700 g/mol. The lowest BCUT2D eigenvalue weighted by Crippen LogP contribution is -2.51. The maximum atomic E-state index is 12.6. The Hall–Kier alpha value is -1.19. The summed E-state index contributed by atoms with van der Waals surface area (Å²) >= 11 is 3.48. The molecule has 0 saturated heterocycles. The molecule has 2 unspecified atom stereocenters. The minimum absolute atomic E-state index is 0.230. The van der Waals surface area contributed by atoms with Crippen molar-refractivity contribution in [2.24, 2.45) is 0 Å². The fourth-order valence-electron chi connectivity index (χ4n) is 5.87. The summed E-state index contributed by atoms with van der Waals surface area (Å²) < 4.78 is 10.6. The van der Waals surface area contributed by atoms with Gasteiger partial charge in [-0.2, -0.15) is 0 Å². The van der Waals surface area contributed by atoms with E-state index in [0.717, 1.165) is 63.2 Å². The summed E-state index contributed by atoms with van der Waals surface area (Å²) in [6, 6.07) is -1.04. The highest BCUT2D eigenvalue weighted by molar-refractivity contribution is 9.09. The summed E-state index contributed by atoms with van der Waals surface area (Å²) in [6.07, 6.45) is 14.8. The van der Waals surface area contributed by atoms with Gasteiger partial charge in [0.05, 0.1) is 18.8 Å². The highest BCUT2D eigenvalue weighted by Crippen LogP contribution is 2.24. The van der Waals surface area contributed by atoms with Gasteiger partial charge >= 0.3 is 5.95 Å². The first-order chi connectivity index (χ1) is 23.7. The number of ether oxygens (including phenoxy) is 2. The van der Waals surface area contributed by atoms with Crippen LogP contribution in [0.2, 0.25) is 0 Å². The summed E-state index contributed by atoms with van der Waals surface area (Å²) in [5.41, 5.74) is 0. The minimum Gasteiger partial charge on any atom is -0.504 e. The number of halogens is 1. The average molecular weight is 770 g/mol. The molecule has 290 valence electrons. The number of alkyl halides is 1. The molecule has 1 heterocycles. The Morgan fingerprint density at radius 3 is 1.92 bits per heavy atom. The number of hydrogen-bond acceptors (Lipinski definition) is 11. The van der Waals surface area contributed by atoms with Crippen LogP contribution in [-0.2, 0) is 14.3 Å². The van der Waals surface area contributed by atoms with Crippen molar-refractivity contribution >= 4 is 21.8 Å². The molecule has 0 bridgehead atoms. The molecule has 0 saturated carbocycles. The molecule has 9 N–H and O–H groups in total. The molecule has 0 aliphatic carbocycles. The van der Waals surface area contributed by atoms with E-state index < -0.39 is 61.1 Å². The van der Waals surface area contributed by atoms with Gasteiger partial charge in [0, 0.05) is 11.8 Å². The van der Waals surface area contributed by atoms with Crippen LogP contribution in [0.5, 0.6) is 0 Å². The van der Waals surface area contributed by atoms with E-state index >= 15 is 0 Å². The number of carbonyl (C=O) groups is 1. The van der Waals surface area contributed by atoms with Crippen molar-refractivity contribution in [3.05, 3.63) is 11.7 Å². The van der Waals surface area contributed by atoms with E-state index in [0.29, 0.717) is 6.42 Å². The van der Waals surface area contributed by atoms with Gasteiger partial charge < -0.3 is 50.5 Å². The van der Waals surface area contributed by atoms with Crippen molar-refractivity contribution in [1.82, 2.24) is 10.6 Å². The van der Waals surface area contributed by atoms with Crippen LogP contribution in [0.15, 0.2) is 11.7 Å². The molecule has 0 spiro atoms. The minimum atomic E-state index is -1.73. The number of unbranched alkanes of at least 4 members (excludes halogenated alkanes) is 16. The zero-order valence-corrected chi connectivity index (χ0v) is 31.5. The molecule has 0 fully saturated rings. The van der Waals surface area contributed by atoms with Gasteiger partial charge in [-0.05, 0) is 45.1 Å². The highest BCUT2D eigenvalue weighted by atomic mass is 79.9. The fourth-order valence-corrected chi connectivity index (χ4v) is 6.27. The Bertz CT molecular complexity index is 855. The lowest BCUT2D eigenvalue weighted by Gasteiger charge is -2.33. The van der Waals surface area contributed by atoms with Crippen molar-refractivity contribution in [3.63, 3.8) is 0 Å². The quantitative estimate of drug-likeness (QED) is 0.0264. The summed E-state index contributed by atoms with van der Waals surface area (Å²) in [4.78, 5) is 12.6. The number of amides is 1. The SMILES string of the molecule is CC[C@@H](O)[C@@H](O)[C@H](COC1=C(O)[C@@H](O)[C@@H](O)C(CO)O1)NC(=O)CCCCCCCCCCCNC(O)CCCCCCCCCCCBr. The smallest absolute Gasteiger partial charge is 0.322 e. The number of nitrogens with one attached hydrogen (secondary N) is 2. The number of aliphatic hydroxyl groups is 7. The molecule has 12 nitrogen and oxygen atoms in total. The van der Waals surface area contributed by atoms with Crippen LogP contribution >= 0.6 is 15.9 Å². The van der Waals surface area contributed by atoms with Crippen LogP contribution in [-0.4, -0.2) is 110 Å². The van der Waals surface area contributed by atoms with Crippen LogP contribution < -0.4 is 10.6 Å². The molecule has 1 amide bonds. The van der Waals surface area contributed by atoms with E-state index in [9.17, 15) is 40.5 Å². The van der Waals surface area contributed by atoms with Crippen LogP contribution in [0, 0.1) is 0 Å². The zero-order valence-electron chi connectivity index (χ0n) is 30.0. The molecular formula is C36H69BrN2O10. The van der Waals surface area contributed by atoms with Gasteiger partial charge in [0.1, 0.15) is 31.1 Å². The maximum Gasteiger partial charge on any atom is 0.322 e. The monoisotopic (exact) mass is 768 g/mol. The van der Waals surface area contributed by atoms with Gasteiger partial charge in [0.15, 0.2) is 6.10 Å². The molecule has 1 aliphatic rings. The molecule has 1 rings (SSSR count). The average Bonchev–Trinajstić information content (AvgIpc) is 3.10. The number of aliphatic hydroxyl groups excluding tert-OH is 7. The zero-order chi connectivity index (χ0) is 36.3. The Morgan fingerprint density at radius 1 is 0.837 bits per heavy atom. The first-order valence-corrected chi connectivity index (χ1v) is 20.1. The third kappa shape index (κ3) is 21.1. The lowest BCUT2D eigenvalue weighted by molar-refractivity contribution is -0.152. The summed E-state index contributed by atoms with van der Waals surface area (Å²) in [6.45, 7) is 1.50. The summed E-state index contributed by atoms with van der Waals surface area (Å²) in [5.74, 6) is -1.61. The van der Waals surface area contributed by atoms with Gasteiger partial charge in [-0.1, -0.05) is 113 Å². The summed E-state index contributed by atoms with van der Waals surface area (Å²) in [7, 11) is 0. The standard InChI is InChI=1S/C36H69BrN2O10/c1-2-28(41)32(44)27(26-48-36-35(47)34(46)33(45)29(25-40)49-36)39-31(43)22-18-14-10-6-4-8-12-16-20-24-38-30(42)21-17-13-9-5-3-7-11-15-19-23-37/h27-30,32-34,38,40-42,44-47H,2-26H2,1H3,(H,39,43)/t27-,28+,29?,30?,32-,33-,34-/m0/s1. The van der Waals surface area contributed by atoms with Crippen molar-refractivity contribution in [1.29, 1.82) is 0 Å². The fraction of sp³-hybridized carbons (Fsp3) is 0.917. The van der Waals surface area contributed by atoms with Gasteiger partial charge in [-0.15, -0.1) is 0 Å². The number of carbonyl (C=O) groups excluding carboxylic acids is 1. The molecule has 0 aromatic heterocycles. The third-order valence-corrected chi connectivity index (χ3v) is 9.73. The molecule has 0 aromatic rings. The van der Waals surface area contributed by atoms with E-state index in [1.807, 2.05) is 0 Å². The second kappa shape index (κ2) is 29.4. The van der Waals surface area contributed by atoms with E-state index in [2.05, 4.69) is 26.6 Å². The molecule has 7 atom stereocenters. The van der Waals surface area contributed by atoms with Crippen LogP contribution in [0.3, 0.4) is 0 Å². The summed E-state index contributed by atoms with van der Waals surface area (Å²) in [5, 5.41) is 77.2. The Labute approximate surface area is 303 Å². The third-order valence-electron chi connectivity index (χ3n) is 9.17. The maximum absolute atomic E-state index is 12.6. The lowest BCUT2D eigenvalue weighted by atomic mass is 10.0. The first kappa shape index (κ1) is 45.8. The van der Waals surface area contributed by atoms with Gasteiger partial charge in [-0.3, -0.25) is 10.1 Å². The van der Waals surface area contributed by atoms with Crippen LogP contribution in [0.4, 0.5) is 0 Å². The predicted octanol–water partition coefficient (Wildman–Crippen LogP) is 4.56. The normalized spacial score (nSPS) is 20.4. The topological polar surface area (TPSA) is 201 Å². The van der Waals surface area contributed by atoms with E-state index in [1.54, 1.807) is 6.92 Å². The van der Waals surface area contributed by atoms with Crippen molar-refractivity contribution in [2.45, 2.75) is 185 Å². The Balaban J connectivity index is 2.11. The second-order valence-electron chi connectivity index (χ2n) is 13.5. The number of hydrogen-bond donors (Lipinski definition) is 9. The van der Waals surface area contributed by atoms with Crippen molar-refractivity contribution in [2.75, 3.05) is 25.1 Å². The second-order valence-corrected chi connectivity index (χ2v) is 14.3. The van der Waals surface area contributed by atoms with Crippen LogP contribution in [0.25, 0.3) is 0 Å². The molecule has 0 radical (unpaired) electrons. The van der Waals surface area contributed by atoms with Crippen LogP contribution in [0.1, 0.15) is 142 Å². The van der Waals surface area contributed by atoms with E-state index in [1.165, 1.54) is 64.2 Å². The van der Waals surface area contributed by atoms with Crippen molar-refractivity contribution < 1.29 is 50.0 Å². The number of rotatable bonds is 32. The first-order valence-electron chi connectivity index (χ1n) is 19.0. The molecule has 0 aromatic carbocycles. The predicted molar refractivity (Wildman–Crippen MR) is 194 cm³/mol. The van der Waals surface area contributed by atoms with Gasteiger partial charge in [0.25, 0.3) is 0 Å². The molecule has 13 heteroatoms.